The van der Waals surface area contributed by atoms with Crippen molar-refractivity contribution >= 4 is 17.3 Å². The molecule has 0 saturated carbocycles. The Morgan fingerprint density at radius 3 is 2.54 bits per heavy atom. The summed E-state index contributed by atoms with van der Waals surface area (Å²) in [4.78, 5) is 0. The number of hydrogen-bond acceptors (Lipinski definition) is 2. The van der Waals surface area contributed by atoms with Crippen LogP contribution in [0.2, 0.25) is 5.02 Å². The van der Waals surface area contributed by atoms with Crippen LogP contribution in [-0.4, -0.2) is 6.10 Å². The van der Waals surface area contributed by atoms with Crippen molar-refractivity contribution in [3.8, 4) is 5.75 Å². The average Bonchev–Trinajstić information content (AvgIpc) is 1.98. The summed E-state index contributed by atoms with van der Waals surface area (Å²) in [6, 6.07) is 2.83. The molecule has 2 N–H and O–H groups in total. The molecule has 0 aromatic heterocycles. The molecule has 0 aliphatic heterocycles. The molecule has 0 spiro atoms. The summed E-state index contributed by atoms with van der Waals surface area (Å²) in [7, 11) is 0. The molecule has 0 fully saturated rings. The predicted octanol–water partition coefficient (Wildman–Crippen LogP) is 2.85. The number of rotatable bonds is 2. The molecule has 0 aliphatic rings. The first kappa shape index (κ1) is 10.1. The summed E-state index contributed by atoms with van der Waals surface area (Å²) in [5.74, 6) is -0.114. The number of nitrogen functional groups attached to an aromatic ring is 1. The van der Waals surface area contributed by atoms with E-state index in [0.29, 0.717) is 5.75 Å². The minimum absolute atomic E-state index is 0.00292. The molecule has 4 heteroatoms. The second kappa shape index (κ2) is 3.83. The van der Waals surface area contributed by atoms with Gasteiger partial charge in [-0.15, -0.1) is 0 Å². The van der Waals surface area contributed by atoms with Gasteiger partial charge < -0.3 is 10.5 Å². The molecule has 0 radical (unpaired) electrons. The van der Waals surface area contributed by atoms with Gasteiger partial charge in [-0.2, -0.15) is 0 Å². The lowest BCUT2D eigenvalue weighted by Gasteiger charge is -2.10. The van der Waals surface area contributed by atoms with E-state index in [1.165, 1.54) is 12.1 Å². The van der Waals surface area contributed by atoms with E-state index in [1.54, 1.807) is 0 Å². The number of nitrogens with two attached hydrogens (primary N) is 1. The summed E-state index contributed by atoms with van der Waals surface area (Å²) >= 11 is 5.57. The van der Waals surface area contributed by atoms with Crippen molar-refractivity contribution in [2.45, 2.75) is 20.0 Å². The quantitative estimate of drug-likeness (QED) is 0.751. The van der Waals surface area contributed by atoms with E-state index in [2.05, 4.69) is 0 Å². The first-order chi connectivity index (χ1) is 6.00. The van der Waals surface area contributed by atoms with Gasteiger partial charge in [0.15, 0.2) is 5.82 Å². The highest BCUT2D eigenvalue weighted by molar-refractivity contribution is 6.31. The first-order valence-corrected chi connectivity index (χ1v) is 4.29. The molecule has 13 heavy (non-hydrogen) atoms. The van der Waals surface area contributed by atoms with Crippen LogP contribution < -0.4 is 10.5 Å². The van der Waals surface area contributed by atoms with E-state index in [0.717, 1.165) is 0 Å². The van der Waals surface area contributed by atoms with E-state index >= 15 is 0 Å². The summed E-state index contributed by atoms with van der Waals surface area (Å²) < 4.78 is 18.2. The number of halogens is 2. The van der Waals surface area contributed by atoms with E-state index in [4.69, 9.17) is 22.1 Å². The van der Waals surface area contributed by atoms with E-state index in [9.17, 15) is 4.39 Å². The molecule has 0 saturated heterocycles. The molecule has 1 rings (SSSR count). The predicted molar refractivity (Wildman–Crippen MR) is 51.6 cm³/mol. The van der Waals surface area contributed by atoms with Crippen LogP contribution in [0, 0.1) is 5.82 Å². The third kappa shape index (κ3) is 2.49. The molecule has 0 bridgehead atoms. The lowest BCUT2D eigenvalue weighted by Crippen LogP contribution is -2.06. The van der Waals surface area contributed by atoms with E-state index in [1.807, 2.05) is 13.8 Å². The van der Waals surface area contributed by atoms with Gasteiger partial charge in [0.1, 0.15) is 5.75 Å². The van der Waals surface area contributed by atoms with Gasteiger partial charge in [-0.1, -0.05) is 11.6 Å². The molecule has 0 atom stereocenters. The second-order valence-electron chi connectivity index (χ2n) is 2.97. The molecule has 0 aliphatic carbocycles. The maximum Gasteiger partial charge on any atom is 0.164 e. The van der Waals surface area contributed by atoms with Gasteiger partial charge in [0.2, 0.25) is 0 Å². The van der Waals surface area contributed by atoms with Gasteiger partial charge in [-0.05, 0) is 13.8 Å². The minimum atomic E-state index is -0.599. The van der Waals surface area contributed by atoms with Gasteiger partial charge in [-0.25, -0.2) is 4.39 Å². The maximum atomic E-state index is 12.9. The minimum Gasteiger partial charge on any atom is -0.491 e. The largest absolute Gasteiger partial charge is 0.491 e. The average molecular weight is 204 g/mol. The number of hydrogen-bond donors (Lipinski definition) is 1. The zero-order valence-corrected chi connectivity index (χ0v) is 8.23. The van der Waals surface area contributed by atoms with Crippen molar-refractivity contribution in [2.24, 2.45) is 0 Å². The Morgan fingerprint density at radius 1 is 1.46 bits per heavy atom. The van der Waals surface area contributed by atoms with Crippen LogP contribution >= 0.6 is 11.6 Å². The number of benzene rings is 1. The summed E-state index contributed by atoms with van der Waals surface area (Å²) in [5, 5.41) is -0.0179. The molecular weight excluding hydrogens is 193 g/mol. The Labute approximate surface area is 81.4 Å². The summed E-state index contributed by atoms with van der Waals surface area (Å²) in [6.45, 7) is 3.74. The SMILES string of the molecule is CC(C)Oc1cc(N)c(F)c(Cl)c1. The lowest BCUT2D eigenvalue weighted by molar-refractivity contribution is 0.242. The number of ether oxygens (including phenoxy) is 1. The van der Waals surface area contributed by atoms with Crippen molar-refractivity contribution in [2.75, 3.05) is 5.73 Å². The fraction of sp³-hybridized carbons (Fsp3) is 0.333. The van der Waals surface area contributed by atoms with E-state index < -0.39 is 5.82 Å². The normalized spacial score (nSPS) is 10.5. The fourth-order valence-electron chi connectivity index (χ4n) is 0.925. The molecule has 0 unspecified atom stereocenters. The first-order valence-electron chi connectivity index (χ1n) is 3.92. The molecular formula is C9H11ClFNO. The zero-order valence-electron chi connectivity index (χ0n) is 7.47. The molecule has 2 nitrogen and oxygen atoms in total. The monoisotopic (exact) mass is 203 g/mol. The van der Waals surface area contributed by atoms with Crippen LogP contribution in [0.3, 0.4) is 0 Å². The van der Waals surface area contributed by atoms with Crippen molar-refractivity contribution < 1.29 is 9.13 Å². The highest BCUT2D eigenvalue weighted by Gasteiger charge is 2.07. The van der Waals surface area contributed by atoms with Crippen LogP contribution in [0.5, 0.6) is 5.75 Å². The Kier molecular flexibility index (Phi) is 2.98. The molecule has 0 amide bonds. The third-order valence-electron chi connectivity index (χ3n) is 1.40. The fourth-order valence-corrected chi connectivity index (χ4v) is 1.14. The van der Waals surface area contributed by atoms with Gasteiger partial charge in [0.05, 0.1) is 16.8 Å². The third-order valence-corrected chi connectivity index (χ3v) is 1.68. The standard InChI is InChI=1S/C9H11ClFNO/c1-5(2)13-6-3-7(10)9(11)8(12)4-6/h3-5H,12H2,1-2H3. The van der Waals surface area contributed by atoms with Crippen LogP contribution in [0.1, 0.15) is 13.8 Å². The van der Waals surface area contributed by atoms with Gasteiger partial charge in [0.25, 0.3) is 0 Å². The van der Waals surface area contributed by atoms with Crippen molar-refractivity contribution in [3.05, 3.63) is 23.0 Å². The Morgan fingerprint density at radius 2 is 2.08 bits per heavy atom. The zero-order chi connectivity index (χ0) is 10.0. The van der Waals surface area contributed by atoms with Crippen LogP contribution in [0.25, 0.3) is 0 Å². The van der Waals surface area contributed by atoms with E-state index in [-0.39, 0.29) is 16.8 Å². The molecule has 0 heterocycles. The van der Waals surface area contributed by atoms with Gasteiger partial charge in [-0.3, -0.25) is 0 Å². The smallest absolute Gasteiger partial charge is 0.164 e. The second-order valence-corrected chi connectivity index (χ2v) is 3.38. The lowest BCUT2D eigenvalue weighted by atomic mass is 10.3. The van der Waals surface area contributed by atoms with Crippen LogP contribution in [0.4, 0.5) is 10.1 Å². The van der Waals surface area contributed by atoms with Crippen LogP contribution in [-0.2, 0) is 0 Å². The molecule has 1 aromatic carbocycles. The van der Waals surface area contributed by atoms with Crippen molar-refractivity contribution in [1.29, 1.82) is 0 Å². The Hall–Kier alpha value is -0.960. The van der Waals surface area contributed by atoms with Gasteiger partial charge in [0, 0.05) is 12.1 Å². The van der Waals surface area contributed by atoms with Crippen LogP contribution in [0.15, 0.2) is 12.1 Å². The maximum absolute atomic E-state index is 12.9. The van der Waals surface area contributed by atoms with Crippen molar-refractivity contribution in [3.63, 3.8) is 0 Å². The molecule has 1 aromatic rings. The van der Waals surface area contributed by atoms with Gasteiger partial charge >= 0.3 is 0 Å². The highest BCUT2D eigenvalue weighted by atomic mass is 35.5. The summed E-state index contributed by atoms with van der Waals surface area (Å²) in [6.07, 6.45) is 0.0147. The van der Waals surface area contributed by atoms with Crippen molar-refractivity contribution in [1.82, 2.24) is 0 Å². The Bertz CT molecular complexity index is 291. The number of anilines is 1. The highest BCUT2D eigenvalue weighted by Crippen LogP contribution is 2.27. The Balaban J connectivity index is 2.99. The molecule has 72 valence electrons. The topological polar surface area (TPSA) is 35.2 Å². The summed E-state index contributed by atoms with van der Waals surface area (Å²) in [5.41, 5.74) is 5.36.